The van der Waals surface area contributed by atoms with Crippen LogP contribution in [0.3, 0.4) is 0 Å². The Kier molecular flexibility index (Phi) is 7.75. The molecule has 2 saturated heterocycles. The molecule has 214 valence electrons. The van der Waals surface area contributed by atoms with Crippen LogP contribution >= 0.6 is 0 Å². The SMILES string of the molecule is CC1=C2[C@@H](CC/C(C)=C/c3cccc(O)c3)OB(O)C[C@@H]2[C@@H]2C(=O)N(c3ccc(Nc4ccccc4)cc3)C(=O)[C@@H]2C1. The number of hydrogen-bond acceptors (Lipinski definition) is 6. The van der Waals surface area contributed by atoms with E-state index in [0.29, 0.717) is 24.8 Å². The third-order valence-electron chi connectivity index (χ3n) is 8.72. The Morgan fingerprint density at radius 3 is 2.48 bits per heavy atom. The molecular weight excluding hydrogens is 527 g/mol. The van der Waals surface area contributed by atoms with Crippen LogP contribution in [0.15, 0.2) is 95.6 Å². The third-order valence-corrected chi connectivity index (χ3v) is 8.72. The summed E-state index contributed by atoms with van der Waals surface area (Å²) in [4.78, 5) is 28.9. The van der Waals surface area contributed by atoms with Gasteiger partial charge in [0.05, 0.1) is 23.6 Å². The number of phenolic OH excluding ortho intramolecular Hbond substituents is 1. The molecule has 3 aromatic rings. The lowest BCUT2D eigenvalue weighted by molar-refractivity contribution is -0.122. The van der Waals surface area contributed by atoms with Gasteiger partial charge >= 0.3 is 7.12 Å². The van der Waals surface area contributed by atoms with Crippen molar-refractivity contribution >= 4 is 42.1 Å². The third kappa shape index (κ3) is 5.52. The standard InChI is InChI=1S/C34H35BN2O5/c1-21(17-23-7-6-10-27(38)19-23)11-16-30-31-22(2)18-28-32(29(31)20-35(41)42-30)34(40)37(33(28)39)26-14-12-25(13-15-26)36-24-8-4-3-5-9-24/h3-10,12-15,17,19,28-30,32,36,38,41H,11,16,18,20H2,1-2H3/b21-17+/t28-,29+,30-,32-/m1/s1. The van der Waals surface area contributed by atoms with Crippen molar-refractivity contribution in [2.75, 3.05) is 10.2 Å². The molecule has 2 amide bonds. The van der Waals surface area contributed by atoms with Gasteiger partial charge in [0, 0.05) is 11.4 Å². The van der Waals surface area contributed by atoms with E-state index in [-0.39, 0.29) is 29.6 Å². The van der Waals surface area contributed by atoms with E-state index < -0.39 is 19.0 Å². The van der Waals surface area contributed by atoms with Crippen molar-refractivity contribution < 1.29 is 24.4 Å². The van der Waals surface area contributed by atoms with Crippen molar-refractivity contribution in [3.8, 4) is 5.75 Å². The topological polar surface area (TPSA) is 99.1 Å². The average molecular weight is 562 g/mol. The first-order valence-corrected chi connectivity index (χ1v) is 14.6. The summed E-state index contributed by atoms with van der Waals surface area (Å²) in [5, 5.41) is 23.8. The zero-order chi connectivity index (χ0) is 29.4. The maximum atomic E-state index is 13.9. The first-order valence-electron chi connectivity index (χ1n) is 14.6. The molecule has 3 N–H and O–H groups in total. The minimum atomic E-state index is -0.994. The number of imide groups is 1. The highest BCUT2D eigenvalue weighted by Crippen LogP contribution is 2.51. The van der Waals surface area contributed by atoms with Crippen molar-refractivity contribution in [1.82, 2.24) is 0 Å². The molecule has 4 atom stereocenters. The molecule has 0 saturated carbocycles. The maximum Gasteiger partial charge on any atom is 0.455 e. The van der Waals surface area contributed by atoms with E-state index in [2.05, 4.69) is 5.32 Å². The number of fused-ring (bicyclic) bond motifs is 3. The Morgan fingerprint density at radius 2 is 1.74 bits per heavy atom. The smallest absolute Gasteiger partial charge is 0.455 e. The maximum absolute atomic E-state index is 13.9. The van der Waals surface area contributed by atoms with Crippen molar-refractivity contribution in [1.29, 1.82) is 0 Å². The van der Waals surface area contributed by atoms with Gasteiger partial charge in [0.2, 0.25) is 11.8 Å². The molecule has 1 aliphatic carbocycles. The number of carbonyl (C=O) groups is 2. The molecule has 0 aromatic heterocycles. The fourth-order valence-corrected chi connectivity index (χ4v) is 6.89. The summed E-state index contributed by atoms with van der Waals surface area (Å²) in [7, 11) is -0.994. The highest BCUT2D eigenvalue weighted by molar-refractivity contribution is 6.43. The minimum Gasteiger partial charge on any atom is -0.508 e. The summed E-state index contributed by atoms with van der Waals surface area (Å²) in [5.41, 5.74) is 6.58. The minimum absolute atomic E-state index is 0.172. The molecule has 3 aromatic carbocycles. The van der Waals surface area contributed by atoms with Crippen molar-refractivity contribution in [3.63, 3.8) is 0 Å². The Labute approximate surface area is 246 Å². The molecule has 2 heterocycles. The largest absolute Gasteiger partial charge is 0.508 e. The average Bonchev–Trinajstić information content (AvgIpc) is 3.21. The lowest BCUT2D eigenvalue weighted by Gasteiger charge is -2.42. The quantitative estimate of drug-likeness (QED) is 0.177. The van der Waals surface area contributed by atoms with Crippen LogP contribution in [0.2, 0.25) is 6.32 Å². The van der Waals surface area contributed by atoms with Crippen molar-refractivity contribution in [3.05, 3.63) is 101 Å². The predicted molar refractivity (Wildman–Crippen MR) is 165 cm³/mol. The summed E-state index contributed by atoms with van der Waals surface area (Å²) in [6.07, 6.45) is 3.90. The molecule has 0 spiro atoms. The van der Waals surface area contributed by atoms with E-state index in [4.69, 9.17) is 4.65 Å². The number of rotatable bonds is 7. The van der Waals surface area contributed by atoms with Crippen LogP contribution in [0.1, 0.15) is 38.7 Å². The van der Waals surface area contributed by atoms with E-state index in [0.717, 1.165) is 40.1 Å². The Hall–Kier alpha value is -4.14. The first kappa shape index (κ1) is 28.0. The summed E-state index contributed by atoms with van der Waals surface area (Å²) in [6, 6.07) is 24.3. The molecule has 6 rings (SSSR count). The van der Waals surface area contributed by atoms with Gasteiger partial charge in [-0.1, -0.05) is 47.6 Å². The molecule has 3 aliphatic rings. The summed E-state index contributed by atoms with van der Waals surface area (Å²) < 4.78 is 6.04. The normalized spacial score (nSPS) is 24.1. The predicted octanol–water partition coefficient (Wildman–Crippen LogP) is 6.34. The van der Waals surface area contributed by atoms with Crippen LogP contribution in [-0.2, 0) is 14.2 Å². The van der Waals surface area contributed by atoms with Gasteiger partial charge in [-0.25, -0.2) is 0 Å². The molecule has 2 fully saturated rings. The number of carbonyl (C=O) groups excluding carboxylic acids is 2. The number of benzene rings is 3. The highest BCUT2D eigenvalue weighted by atomic mass is 16.5. The van der Waals surface area contributed by atoms with Gasteiger partial charge in [0.15, 0.2) is 0 Å². The number of phenols is 1. The van der Waals surface area contributed by atoms with E-state index in [1.807, 2.05) is 86.7 Å². The van der Waals surface area contributed by atoms with E-state index in [1.54, 1.807) is 12.1 Å². The monoisotopic (exact) mass is 562 g/mol. The molecule has 7 nitrogen and oxygen atoms in total. The Bertz CT molecular complexity index is 1550. The molecule has 2 aliphatic heterocycles. The van der Waals surface area contributed by atoms with Gasteiger partial charge in [-0.05, 0) is 105 Å². The number of para-hydroxylation sites is 1. The number of anilines is 3. The van der Waals surface area contributed by atoms with E-state index >= 15 is 0 Å². The van der Waals surface area contributed by atoms with Crippen molar-refractivity contribution in [2.24, 2.45) is 17.8 Å². The highest BCUT2D eigenvalue weighted by Gasteiger charge is 2.57. The zero-order valence-electron chi connectivity index (χ0n) is 23.9. The van der Waals surface area contributed by atoms with Crippen LogP contribution in [0.4, 0.5) is 17.1 Å². The first-order chi connectivity index (χ1) is 20.3. The van der Waals surface area contributed by atoms with E-state index in [1.165, 1.54) is 4.90 Å². The van der Waals surface area contributed by atoms with Gasteiger partial charge in [-0.15, -0.1) is 0 Å². The van der Waals surface area contributed by atoms with Crippen molar-refractivity contribution in [2.45, 2.75) is 45.5 Å². The number of nitrogens with one attached hydrogen (secondary N) is 1. The number of hydrogen-bond donors (Lipinski definition) is 3. The lowest BCUT2D eigenvalue weighted by atomic mass is 9.59. The van der Waals surface area contributed by atoms with Gasteiger partial charge in [0.25, 0.3) is 0 Å². The second-order valence-electron chi connectivity index (χ2n) is 11.7. The number of nitrogens with zero attached hydrogens (tertiary/aromatic N) is 1. The Balaban J connectivity index is 1.19. The van der Waals surface area contributed by atoms with Crippen LogP contribution in [0.5, 0.6) is 5.75 Å². The second-order valence-corrected chi connectivity index (χ2v) is 11.7. The lowest BCUT2D eigenvalue weighted by Crippen LogP contribution is -2.46. The zero-order valence-corrected chi connectivity index (χ0v) is 23.9. The fourth-order valence-electron chi connectivity index (χ4n) is 6.89. The van der Waals surface area contributed by atoms with Crippen LogP contribution in [0, 0.1) is 17.8 Å². The number of aromatic hydroxyl groups is 1. The molecule has 42 heavy (non-hydrogen) atoms. The van der Waals surface area contributed by atoms with Crippen LogP contribution < -0.4 is 10.2 Å². The van der Waals surface area contributed by atoms with Gasteiger partial charge in [0.1, 0.15) is 5.75 Å². The van der Waals surface area contributed by atoms with E-state index in [9.17, 15) is 19.7 Å². The summed E-state index contributed by atoms with van der Waals surface area (Å²) >= 11 is 0. The number of amides is 2. The molecule has 0 unspecified atom stereocenters. The van der Waals surface area contributed by atoms with Gasteiger partial charge in [-0.2, -0.15) is 0 Å². The van der Waals surface area contributed by atoms with Crippen LogP contribution in [-0.4, -0.2) is 35.2 Å². The molecule has 0 bridgehead atoms. The Morgan fingerprint density at radius 1 is 1.00 bits per heavy atom. The molecule has 8 heteroatoms. The summed E-state index contributed by atoms with van der Waals surface area (Å²) in [5.74, 6) is -1.34. The fraction of sp³-hybridized carbons (Fsp3) is 0.294. The molecule has 0 radical (unpaired) electrons. The van der Waals surface area contributed by atoms with Gasteiger partial charge in [-0.3, -0.25) is 14.5 Å². The summed E-state index contributed by atoms with van der Waals surface area (Å²) in [6.45, 7) is 4.07. The second kappa shape index (κ2) is 11.6. The van der Waals surface area contributed by atoms with Crippen LogP contribution in [0.25, 0.3) is 6.08 Å². The number of allylic oxidation sites excluding steroid dienone is 2. The van der Waals surface area contributed by atoms with Gasteiger partial charge < -0.3 is 20.1 Å². The molecular formula is C34H35BN2O5.